The van der Waals surface area contributed by atoms with Crippen LogP contribution in [0.4, 0.5) is 11.4 Å². The fourth-order valence-electron chi connectivity index (χ4n) is 1.18. The van der Waals surface area contributed by atoms with Crippen molar-refractivity contribution >= 4 is 21.6 Å². The maximum Gasteiger partial charge on any atom is 0.301 e. The highest BCUT2D eigenvalue weighted by Crippen LogP contribution is 2.23. The number of nitrogens with one attached hydrogen (secondary N) is 1. The molecule has 3 N–H and O–H groups in total. The molecule has 0 aliphatic carbocycles. The van der Waals surface area contributed by atoms with Crippen molar-refractivity contribution in [1.29, 1.82) is 0 Å². The Kier molecular flexibility index (Phi) is 3.44. The summed E-state index contributed by atoms with van der Waals surface area (Å²) >= 11 is 0. The zero-order valence-electron chi connectivity index (χ0n) is 9.90. The third-order valence-corrected chi connectivity index (χ3v) is 3.77. The molecule has 0 heterocycles. The van der Waals surface area contributed by atoms with Gasteiger partial charge in [0, 0.05) is 19.8 Å². The quantitative estimate of drug-likeness (QED) is 0.781. The molecule has 0 amide bonds. The summed E-state index contributed by atoms with van der Waals surface area (Å²) in [4.78, 5) is 0. The highest BCUT2D eigenvalue weighted by Gasteiger charge is 2.14. The number of nitrogen functional groups attached to an aromatic ring is 1. The van der Waals surface area contributed by atoms with Crippen LogP contribution in [-0.4, -0.2) is 26.8 Å². The van der Waals surface area contributed by atoms with Gasteiger partial charge in [-0.05, 0) is 37.1 Å². The average molecular weight is 243 g/mol. The van der Waals surface area contributed by atoms with Crippen molar-refractivity contribution in [2.24, 2.45) is 0 Å². The number of nitrogens with two attached hydrogens (primary N) is 1. The van der Waals surface area contributed by atoms with E-state index >= 15 is 0 Å². The number of anilines is 2. The van der Waals surface area contributed by atoms with Gasteiger partial charge >= 0.3 is 10.2 Å². The van der Waals surface area contributed by atoms with Gasteiger partial charge in [0.05, 0.1) is 5.69 Å². The van der Waals surface area contributed by atoms with Gasteiger partial charge in [0.2, 0.25) is 0 Å². The smallest absolute Gasteiger partial charge is 0.301 e. The van der Waals surface area contributed by atoms with Crippen LogP contribution in [0.15, 0.2) is 12.1 Å². The molecule has 0 bridgehead atoms. The van der Waals surface area contributed by atoms with E-state index in [-0.39, 0.29) is 0 Å². The SMILES string of the molecule is Cc1cc(NS(=O)(=O)N(C)C)c(C)cc1N. The Hall–Kier alpha value is -1.27. The molecule has 0 aliphatic heterocycles. The minimum atomic E-state index is -3.46. The van der Waals surface area contributed by atoms with Crippen molar-refractivity contribution in [3.05, 3.63) is 23.3 Å². The van der Waals surface area contributed by atoms with E-state index in [1.165, 1.54) is 14.1 Å². The van der Waals surface area contributed by atoms with Crippen LogP contribution in [0.25, 0.3) is 0 Å². The first-order valence-electron chi connectivity index (χ1n) is 4.81. The number of hydrogen-bond donors (Lipinski definition) is 2. The molecular weight excluding hydrogens is 226 g/mol. The Bertz CT molecular complexity index is 495. The van der Waals surface area contributed by atoms with E-state index in [1.807, 2.05) is 13.8 Å². The lowest BCUT2D eigenvalue weighted by Crippen LogP contribution is -2.29. The Labute approximate surface area is 96.4 Å². The number of benzene rings is 1. The lowest BCUT2D eigenvalue weighted by atomic mass is 10.1. The summed E-state index contributed by atoms with van der Waals surface area (Å²) in [5, 5.41) is 0. The Morgan fingerprint density at radius 3 is 2.25 bits per heavy atom. The number of aryl methyl sites for hydroxylation is 2. The van der Waals surface area contributed by atoms with Gasteiger partial charge in [0.25, 0.3) is 0 Å². The normalized spacial score (nSPS) is 11.8. The van der Waals surface area contributed by atoms with Crippen molar-refractivity contribution in [2.75, 3.05) is 24.6 Å². The van der Waals surface area contributed by atoms with Crippen molar-refractivity contribution in [1.82, 2.24) is 4.31 Å². The van der Waals surface area contributed by atoms with E-state index in [2.05, 4.69) is 4.72 Å². The maximum absolute atomic E-state index is 11.6. The fourth-order valence-corrected chi connectivity index (χ4v) is 1.86. The van der Waals surface area contributed by atoms with E-state index in [4.69, 9.17) is 5.73 Å². The molecule has 0 unspecified atom stereocenters. The monoisotopic (exact) mass is 243 g/mol. The summed E-state index contributed by atoms with van der Waals surface area (Å²) in [6, 6.07) is 3.48. The molecule has 90 valence electrons. The van der Waals surface area contributed by atoms with Gasteiger partial charge in [-0.25, -0.2) is 0 Å². The molecule has 0 aliphatic rings. The van der Waals surface area contributed by atoms with Crippen LogP contribution in [0, 0.1) is 13.8 Å². The molecule has 0 saturated heterocycles. The molecule has 16 heavy (non-hydrogen) atoms. The summed E-state index contributed by atoms with van der Waals surface area (Å²) in [5.41, 5.74) is 8.59. The second-order valence-corrected chi connectivity index (χ2v) is 5.80. The van der Waals surface area contributed by atoms with E-state index in [9.17, 15) is 8.42 Å². The molecular formula is C10H17N3O2S. The van der Waals surface area contributed by atoms with E-state index < -0.39 is 10.2 Å². The van der Waals surface area contributed by atoms with Crippen LogP contribution in [0.1, 0.15) is 11.1 Å². The molecule has 5 nitrogen and oxygen atoms in total. The first-order valence-corrected chi connectivity index (χ1v) is 6.25. The van der Waals surface area contributed by atoms with Gasteiger partial charge < -0.3 is 5.73 Å². The van der Waals surface area contributed by atoms with Crippen LogP contribution < -0.4 is 10.5 Å². The minimum Gasteiger partial charge on any atom is -0.399 e. The van der Waals surface area contributed by atoms with E-state index in [0.29, 0.717) is 11.4 Å². The topological polar surface area (TPSA) is 75.4 Å². The highest BCUT2D eigenvalue weighted by molar-refractivity contribution is 7.90. The molecule has 0 radical (unpaired) electrons. The van der Waals surface area contributed by atoms with Crippen LogP contribution in [0.3, 0.4) is 0 Å². The molecule has 0 aromatic heterocycles. The molecule has 0 fully saturated rings. The molecule has 1 rings (SSSR count). The van der Waals surface area contributed by atoms with Crippen molar-refractivity contribution in [2.45, 2.75) is 13.8 Å². The molecule has 1 aromatic rings. The van der Waals surface area contributed by atoms with E-state index in [1.54, 1.807) is 12.1 Å². The minimum absolute atomic E-state index is 0.556. The Morgan fingerprint density at radius 1 is 1.19 bits per heavy atom. The van der Waals surface area contributed by atoms with Gasteiger partial charge in [-0.1, -0.05) is 0 Å². The summed E-state index contributed by atoms with van der Waals surface area (Å²) < 4.78 is 26.9. The van der Waals surface area contributed by atoms with Crippen molar-refractivity contribution in [3.8, 4) is 0 Å². The molecule has 1 aromatic carbocycles. The largest absolute Gasteiger partial charge is 0.399 e. The third kappa shape index (κ3) is 2.65. The number of nitrogens with zero attached hydrogens (tertiary/aromatic N) is 1. The van der Waals surface area contributed by atoms with Gasteiger partial charge in [-0.3, -0.25) is 4.72 Å². The maximum atomic E-state index is 11.6. The summed E-state index contributed by atoms with van der Waals surface area (Å²) in [6.45, 7) is 3.64. The molecule has 0 atom stereocenters. The Balaban J connectivity index is 3.13. The third-order valence-electron chi connectivity index (χ3n) is 2.33. The number of rotatable bonds is 3. The van der Waals surface area contributed by atoms with Crippen LogP contribution in [0.2, 0.25) is 0 Å². The summed E-state index contributed by atoms with van der Waals surface area (Å²) in [7, 11) is -0.513. The van der Waals surface area contributed by atoms with Gasteiger partial charge in [-0.2, -0.15) is 12.7 Å². The predicted octanol–water partition coefficient (Wildman–Crippen LogP) is 1.10. The molecule has 6 heteroatoms. The van der Waals surface area contributed by atoms with Crippen LogP contribution in [-0.2, 0) is 10.2 Å². The fraction of sp³-hybridized carbons (Fsp3) is 0.400. The molecule has 0 spiro atoms. The predicted molar refractivity (Wildman–Crippen MR) is 66.6 cm³/mol. The van der Waals surface area contributed by atoms with Crippen molar-refractivity contribution in [3.63, 3.8) is 0 Å². The van der Waals surface area contributed by atoms with E-state index in [0.717, 1.165) is 15.4 Å². The molecule has 0 saturated carbocycles. The lowest BCUT2D eigenvalue weighted by Gasteiger charge is -2.16. The van der Waals surface area contributed by atoms with Crippen LogP contribution in [0.5, 0.6) is 0 Å². The lowest BCUT2D eigenvalue weighted by molar-refractivity contribution is 0.527. The number of hydrogen-bond acceptors (Lipinski definition) is 3. The highest BCUT2D eigenvalue weighted by atomic mass is 32.2. The zero-order valence-corrected chi connectivity index (χ0v) is 10.7. The second kappa shape index (κ2) is 4.31. The second-order valence-electron chi connectivity index (χ2n) is 3.91. The summed E-state index contributed by atoms with van der Waals surface area (Å²) in [6.07, 6.45) is 0. The standard InChI is InChI=1S/C10H17N3O2S/c1-7-6-10(8(2)5-9(7)11)12-16(14,15)13(3)4/h5-6,12H,11H2,1-4H3. The van der Waals surface area contributed by atoms with Crippen molar-refractivity contribution < 1.29 is 8.42 Å². The first-order chi connectivity index (χ1) is 7.24. The zero-order chi connectivity index (χ0) is 12.5. The first kappa shape index (κ1) is 12.8. The van der Waals surface area contributed by atoms with Gasteiger partial charge in [0.15, 0.2) is 0 Å². The average Bonchev–Trinajstić information content (AvgIpc) is 2.13. The van der Waals surface area contributed by atoms with Gasteiger partial charge in [0.1, 0.15) is 0 Å². The van der Waals surface area contributed by atoms with Gasteiger partial charge in [-0.15, -0.1) is 0 Å². The Morgan fingerprint density at radius 2 is 1.75 bits per heavy atom. The van der Waals surface area contributed by atoms with Crippen LogP contribution >= 0.6 is 0 Å². The summed E-state index contributed by atoms with van der Waals surface area (Å²) in [5.74, 6) is 0.